The summed E-state index contributed by atoms with van der Waals surface area (Å²) in [4.78, 5) is 23.9. The lowest BCUT2D eigenvalue weighted by Gasteiger charge is -2.30. The van der Waals surface area contributed by atoms with Gasteiger partial charge in [-0.2, -0.15) is 0 Å². The fraction of sp³-hybridized carbons (Fsp3) is 0.382. The largest absolute Gasteiger partial charge is 0.432 e. The maximum Gasteiger partial charge on any atom is 0.255 e. The quantitative estimate of drug-likeness (QED) is 0.182. The van der Waals surface area contributed by atoms with E-state index in [9.17, 15) is 14.7 Å². The van der Waals surface area contributed by atoms with Crippen LogP contribution < -0.4 is 5.32 Å². The van der Waals surface area contributed by atoms with Crippen molar-refractivity contribution >= 4 is 19.9 Å². The number of aryl methyl sites for hydroxylation is 2. The van der Waals surface area contributed by atoms with Gasteiger partial charge in [0.15, 0.2) is 8.32 Å². The van der Waals surface area contributed by atoms with Gasteiger partial charge in [0.25, 0.3) is 5.91 Å². The number of aliphatic hydroxyl groups excluding tert-OH is 1. The van der Waals surface area contributed by atoms with Gasteiger partial charge in [0, 0.05) is 29.5 Å². The molecule has 9 heteroatoms. The second-order valence-corrected chi connectivity index (χ2v) is 16.1. The van der Waals surface area contributed by atoms with Crippen molar-refractivity contribution in [3.8, 4) is 0 Å². The Kier molecular flexibility index (Phi) is 9.87. The van der Waals surface area contributed by atoms with Crippen LogP contribution in [0.1, 0.15) is 52.9 Å². The molecule has 1 aliphatic rings. The predicted octanol–water partition coefficient (Wildman–Crippen LogP) is 5.65. The number of carbonyl (C=O) groups excluding carboxylic acids is 1. The van der Waals surface area contributed by atoms with Crippen molar-refractivity contribution in [2.24, 2.45) is 5.92 Å². The fourth-order valence-electron chi connectivity index (χ4n) is 6.48. The van der Waals surface area contributed by atoms with Crippen LogP contribution in [0.2, 0.25) is 18.6 Å². The molecule has 0 bridgehead atoms. The molecule has 226 valence electrons. The third-order valence-electron chi connectivity index (χ3n) is 8.60. The molecule has 2 heterocycles. The van der Waals surface area contributed by atoms with Gasteiger partial charge in [-0.05, 0) is 73.7 Å². The Labute approximate surface area is 254 Å². The van der Waals surface area contributed by atoms with Gasteiger partial charge in [0.2, 0.25) is 0 Å². The topological polar surface area (TPSA) is 110 Å². The summed E-state index contributed by atoms with van der Waals surface area (Å²) in [5, 5.41) is 21.7. The lowest BCUT2D eigenvalue weighted by Crippen LogP contribution is -2.40. The first-order valence-electron chi connectivity index (χ1n) is 15.1. The van der Waals surface area contributed by atoms with Crippen molar-refractivity contribution in [1.29, 1.82) is 0 Å². The van der Waals surface area contributed by atoms with Gasteiger partial charge in [-0.15, -0.1) is 5.10 Å². The zero-order valence-electron chi connectivity index (χ0n) is 25.1. The first-order chi connectivity index (χ1) is 20.7. The van der Waals surface area contributed by atoms with E-state index < -0.39 is 8.32 Å². The number of nitrogens with one attached hydrogen (secondary N) is 1. The van der Waals surface area contributed by atoms with Crippen molar-refractivity contribution in [1.82, 2.24) is 15.0 Å². The number of amides is 1. The van der Waals surface area contributed by atoms with Crippen LogP contribution in [0.3, 0.4) is 0 Å². The number of anilines is 1. The number of nitrogens with zero attached hydrogens (tertiary/aromatic N) is 3. The normalized spacial score (nSPS) is 21.0. The molecule has 5 rings (SSSR count). The molecule has 0 aliphatic carbocycles. The minimum Gasteiger partial charge on any atom is -0.432 e. The molecule has 43 heavy (non-hydrogen) atoms. The molecule has 0 spiro atoms. The van der Waals surface area contributed by atoms with Crippen LogP contribution >= 0.6 is 0 Å². The van der Waals surface area contributed by atoms with Crippen molar-refractivity contribution in [3.63, 3.8) is 0 Å². The second kappa shape index (κ2) is 13.8. The number of carbonyl (C=O) groups is 1. The van der Waals surface area contributed by atoms with E-state index in [0.717, 1.165) is 41.8 Å². The van der Waals surface area contributed by atoms with Gasteiger partial charge in [-0.3, -0.25) is 9.48 Å². The van der Waals surface area contributed by atoms with Gasteiger partial charge in [-0.25, -0.2) is 0 Å². The van der Waals surface area contributed by atoms with Crippen LogP contribution in [0.4, 0.5) is 5.69 Å². The van der Waals surface area contributed by atoms with E-state index >= 15 is 0 Å². The average molecular weight is 599 g/mol. The first-order valence-corrected chi connectivity index (χ1v) is 18.1. The van der Waals surface area contributed by atoms with Crippen molar-refractivity contribution in [2.75, 3.05) is 11.9 Å². The highest BCUT2D eigenvalue weighted by Gasteiger charge is 2.49. The summed E-state index contributed by atoms with van der Waals surface area (Å²) >= 11 is 0. The summed E-state index contributed by atoms with van der Waals surface area (Å²) in [6.45, 7) is 6.79. The third kappa shape index (κ3) is 7.66. The lowest BCUT2D eigenvalue weighted by atomic mass is 9.95. The van der Waals surface area contributed by atoms with E-state index in [1.165, 1.54) is 0 Å². The maximum absolute atomic E-state index is 12.6. The fourth-order valence-corrected chi connectivity index (χ4v) is 9.14. The zero-order chi connectivity index (χ0) is 30.4. The highest BCUT2D eigenvalue weighted by molar-refractivity contribution is 6.71. The first kappa shape index (κ1) is 30.8. The summed E-state index contributed by atoms with van der Waals surface area (Å²) in [6.07, 6.45) is 4.23. The number of rotatable bonds is 12. The Morgan fingerprint density at radius 1 is 1.00 bits per heavy atom. The van der Waals surface area contributed by atoms with Gasteiger partial charge < -0.3 is 20.0 Å². The Morgan fingerprint density at radius 3 is 2.42 bits per heavy atom. The minimum atomic E-state index is -2.51. The highest BCUT2D eigenvalue weighted by Crippen LogP contribution is 2.45. The van der Waals surface area contributed by atoms with Crippen molar-refractivity contribution in [2.45, 2.75) is 69.5 Å². The Hall–Kier alpha value is -3.63. The van der Waals surface area contributed by atoms with Crippen LogP contribution in [0.5, 0.6) is 0 Å². The van der Waals surface area contributed by atoms with Crippen LogP contribution in [-0.2, 0) is 17.7 Å². The number of hydrogen-bond donors (Lipinski definition) is 3. The number of benzene rings is 3. The summed E-state index contributed by atoms with van der Waals surface area (Å²) < 4.78 is 8.48. The van der Waals surface area contributed by atoms with Gasteiger partial charge >= 0.3 is 0 Å². The Bertz CT molecular complexity index is 1470. The Morgan fingerprint density at radius 2 is 1.72 bits per heavy atom. The molecule has 1 saturated heterocycles. The maximum atomic E-state index is 12.6. The van der Waals surface area contributed by atoms with E-state index in [0.29, 0.717) is 12.1 Å². The molecule has 0 radical (unpaired) electrons. The lowest BCUT2D eigenvalue weighted by molar-refractivity contribution is 0.0245. The molecule has 4 aromatic rings. The summed E-state index contributed by atoms with van der Waals surface area (Å²) in [7, 11) is -2.51. The number of ether oxygens (including phenoxy) is 1. The summed E-state index contributed by atoms with van der Waals surface area (Å²) in [5.74, 6) is -0.123. The predicted molar refractivity (Wildman–Crippen MR) is 170 cm³/mol. The van der Waals surface area contributed by atoms with E-state index in [2.05, 4.69) is 28.6 Å². The molecular weight excluding hydrogens is 556 g/mol. The van der Waals surface area contributed by atoms with Crippen LogP contribution in [-0.4, -0.2) is 57.9 Å². The molecule has 1 aromatic heterocycles. The number of aliphatic hydroxyl groups is 1. The van der Waals surface area contributed by atoms with Gasteiger partial charge in [0.1, 0.15) is 0 Å². The number of hydrogen-bond acceptors (Lipinski definition) is 6. The smallest absolute Gasteiger partial charge is 0.255 e. The standard InChI is InChI=1S/C34H42N4O4Si/c1-24-31(18-17-25-11-10-16-28(21-25)35-34(40)27-14-8-5-9-15-27)42-32(33(24)43(2,3)41)19-20-38-22-30(36-37-38)29(23-39)26-12-6-4-7-13-26/h4-16,21-22,24,29,31-33,39,41H,17-20,23H2,1-3H3,(H,35,40)/t24-,29?,31+,32-,33+/m0/s1. The van der Waals surface area contributed by atoms with Gasteiger partial charge in [-0.1, -0.05) is 72.8 Å². The molecule has 1 fully saturated rings. The van der Waals surface area contributed by atoms with Crippen molar-refractivity contribution in [3.05, 3.63) is 114 Å². The second-order valence-electron chi connectivity index (χ2n) is 12.2. The molecule has 8 nitrogen and oxygen atoms in total. The highest BCUT2D eigenvalue weighted by atomic mass is 28.4. The van der Waals surface area contributed by atoms with Crippen LogP contribution in [0, 0.1) is 5.92 Å². The summed E-state index contributed by atoms with van der Waals surface area (Å²) in [6, 6.07) is 27.0. The molecule has 5 atom stereocenters. The van der Waals surface area contributed by atoms with Crippen molar-refractivity contribution < 1.29 is 19.4 Å². The van der Waals surface area contributed by atoms with Gasteiger partial charge in [0.05, 0.1) is 30.4 Å². The molecule has 1 aliphatic heterocycles. The van der Waals surface area contributed by atoms with E-state index in [1.54, 1.807) is 12.1 Å². The summed E-state index contributed by atoms with van der Waals surface area (Å²) in [5.41, 5.74) is 4.38. The van der Waals surface area contributed by atoms with E-state index in [-0.39, 0.29) is 42.1 Å². The third-order valence-corrected chi connectivity index (χ3v) is 11.1. The molecule has 0 saturated carbocycles. The molecule has 1 amide bonds. The molecule has 3 aromatic carbocycles. The molecule has 1 unspecified atom stereocenters. The van der Waals surface area contributed by atoms with Crippen LogP contribution in [0.15, 0.2) is 91.1 Å². The SMILES string of the molecule is C[C@@H]1[C@@H]([Si](C)(C)O)[C@H](CCn2cc(C(CO)c3ccccc3)nn2)O[C@@H]1CCc1cccc(NC(=O)c2ccccc2)c1. The average Bonchev–Trinajstić information content (AvgIpc) is 3.60. The monoisotopic (exact) mass is 598 g/mol. The van der Waals surface area contributed by atoms with E-state index in [4.69, 9.17) is 4.74 Å². The van der Waals surface area contributed by atoms with E-state index in [1.807, 2.05) is 90.7 Å². The van der Waals surface area contributed by atoms with Crippen LogP contribution in [0.25, 0.3) is 0 Å². The zero-order valence-corrected chi connectivity index (χ0v) is 26.1. The number of aromatic nitrogens is 3. The molecular formula is C34H42N4O4Si. The molecule has 3 N–H and O–H groups in total. The minimum absolute atomic E-state index is 0.0275. The Balaban J connectivity index is 1.20.